The van der Waals surface area contributed by atoms with E-state index in [4.69, 9.17) is 0 Å². The molecule has 0 aromatic heterocycles. The zero-order valence-electron chi connectivity index (χ0n) is 9.34. The Balaban J connectivity index is 2.41. The largest absolute Gasteiger partial charge is 0.214 e. The molecule has 0 heterocycles. The van der Waals surface area contributed by atoms with E-state index < -0.39 is 10.0 Å². The Kier molecular flexibility index (Phi) is 3.58. The molecule has 0 aromatic carbocycles. The van der Waals surface area contributed by atoms with E-state index in [1.54, 1.807) is 13.8 Å². The SMILES string of the molecule is CCCC1(CNS(=O)(=O)C(C)C)CC1. The van der Waals surface area contributed by atoms with E-state index in [1.165, 1.54) is 12.8 Å². The molecule has 1 aliphatic carbocycles. The van der Waals surface area contributed by atoms with Gasteiger partial charge in [0.2, 0.25) is 10.0 Å². The van der Waals surface area contributed by atoms with Crippen molar-refractivity contribution in [3.63, 3.8) is 0 Å². The van der Waals surface area contributed by atoms with Crippen molar-refractivity contribution in [2.24, 2.45) is 5.41 Å². The van der Waals surface area contributed by atoms with Gasteiger partial charge in [0.25, 0.3) is 0 Å². The van der Waals surface area contributed by atoms with Crippen molar-refractivity contribution in [2.45, 2.75) is 51.7 Å². The van der Waals surface area contributed by atoms with Crippen molar-refractivity contribution in [3.05, 3.63) is 0 Å². The monoisotopic (exact) mass is 219 g/mol. The first-order valence-corrected chi connectivity index (χ1v) is 6.95. The van der Waals surface area contributed by atoms with Gasteiger partial charge in [-0.1, -0.05) is 13.3 Å². The molecule has 0 spiro atoms. The Labute approximate surface area is 87.3 Å². The average Bonchev–Trinajstić information content (AvgIpc) is 2.83. The quantitative estimate of drug-likeness (QED) is 0.741. The van der Waals surface area contributed by atoms with E-state index >= 15 is 0 Å². The molecular formula is C10H21NO2S. The van der Waals surface area contributed by atoms with Gasteiger partial charge in [-0.2, -0.15) is 0 Å². The number of hydrogen-bond acceptors (Lipinski definition) is 2. The molecule has 4 heteroatoms. The van der Waals surface area contributed by atoms with Crippen LogP contribution in [0.4, 0.5) is 0 Å². The molecule has 14 heavy (non-hydrogen) atoms. The van der Waals surface area contributed by atoms with Gasteiger partial charge in [0.15, 0.2) is 0 Å². The van der Waals surface area contributed by atoms with Crippen LogP contribution in [0, 0.1) is 5.41 Å². The fraction of sp³-hybridized carbons (Fsp3) is 1.00. The van der Waals surface area contributed by atoms with Crippen molar-refractivity contribution < 1.29 is 8.42 Å². The standard InChI is InChI=1S/C10H21NO2S/c1-4-5-10(6-7-10)8-11-14(12,13)9(2)3/h9,11H,4-8H2,1-3H3. The number of hydrogen-bond donors (Lipinski definition) is 1. The van der Waals surface area contributed by atoms with Gasteiger partial charge in [-0.3, -0.25) is 0 Å². The average molecular weight is 219 g/mol. The zero-order chi connectivity index (χ0) is 10.8. The summed E-state index contributed by atoms with van der Waals surface area (Å²) >= 11 is 0. The van der Waals surface area contributed by atoms with Gasteiger partial charge in [-0.05, 0) is 38.5 Å². The van der Waals surface area contributed by atoms with Gasteiger partial charge in [-0.15, -0.1) is 0 Å². The maximum absolute atomic E-state index is 11.5. The predicted molar refractivity (Wildman–Crippen MR) is 58.6 cm³/mol. The summed E-state index contributed by atoms with van der Waals surface area (Å²) in [6.45, 7) is 6.21. The van der Waals surface area contributed by atoms with Gasteiger partial charge in [-0.25, -0.2) is 13.1 Å². The summed E-state index contributed by atoms with van der Waals surface area (Å²) in [5.74, 6) is 0. The van der Waals surface area contributed by atoms with Crippen LogP contribution < -0.4 is 4.72 Å². The van der Waals surface area contributed by atoms with Gasteiger partial charge < -0.3 is 0 Å². The first-order chi connectivity index (χ1) is 6.42. The molecule has 1 fully saturated rings. The van der Waals surface area contributed by atoms with Crippen molar-refractivity contribution in [3.8, 4) is 0 Å². The maximum Gasteiger partial charge on any atom is 0.213 e. The Bertz CT molecular complexity index is 278. The zero-order valence-corrected chi connectivity index (χ0v) is 10.2. The van der Waals surface area contributed by atoms with Gasteiger partial charge in [0.05, 0.1) is 5.25 Å². The first-order valence-electron chi connectivity index (χ1n) is 5.40. The van der Waals surface area contributed by atoms with E-state index in [1.807, 2.05) is 0 Å². The lowest BCUT2D eigenvalue weighted by molar-refractivity contribution is 0.448. The van der Waals surface area contributed by atoms with Crippen LogP contribution in [0.1, 0.15) is 46.5 Å². The molecule has 0 aromatic rings. The molecule has 1 aliphatic rings. The highest BCUT2D eigenvalue weighted by Crippen LogP contribution is 2.49. The Morgan fingerprint density at radius 2 is 1.93 bits per heavy atom. The fourth-order valence-corrected chi connectivity index (χ4v) is 2.48. The summed E-state index contributed by atoms with van der Waals surface area (Å²) < 4.78 is 25.7. The summed E-state index contributed by atoms with van der Waals surface area (Å²) in [4.78, 5) is 0. The van der Waals surface area contributed by atoms with Crippen molar-refractivity contribution in [1.29, 1.82) is 0 Å². The Morgan fingerprint density at radius 1 is 1.36 bits per heavy atom. The van der Waals surface area contributed by atoms with Crippen LogP contribution >= 0.6 is 0 Å². The van der Waals surface area contributed by atoms with E-state index in [-0.39, 0.29) is 5.25 Å². The minimum absolute atomic E-state index is 0.302. The lowest BCUT2D eigenvalue weighted by Crippen LogP contribution is -2.35. The highest BCUT2D eigenvalue weighted by Gasteiger charge is 2.42. The molecular weight excluding hydrogens is 198 g/mol. The number of rotatable bonds is 6. The summed E-state index contributed by atoms with van der Waals surface area (Å²) in [7, 11) is -3.06. The maximum atomic E-state index is 11.5. The first kappa shape index (κ1) is 12.0. The van der Waals surface area contributed by atoms with Gasteiger partial charge in [0, 0.05) is 6.54 Å². The van der Waals surface area contributed by atoms with Crippen LogP contribution in [0.25, 0.3) is 0 Å². The third kappa shape index (κ3) is 2.95. The third-order valence-corrected chi connectivity index (χ3v) is 4.79. The lowest BCUT2D eigenvalue weighted by Gasteiger charge is -2.16. The molecule has 0 aliphatic heterocycles. The molecule has 1 rings (SSSR count). The van der Waals surface area contributed by atoms with Crippen molar-refractivity contribution >= 4 is 10.0 Å². The molecule has 1 saturated carbocycles. The highest BCUT2D eigenvalue weighted by atomic mass is 32.2. The predicted octanol–water partition coefficient (Wildman–Crippen LogP) is 1.89. The van der Waals surface area contributed by atoms with E-state index in [0.29, 0.717) is 12.0 Å². The molecule has 1 N–H and O–H groups in total. The minimum atomic E-state index is -3.06. The van der Waals surface area contributed by atoms with E-state index in [9.17, 15) is 8.42 Å². The molecule has 84 valence electrons. The normalized spacial score (nSPS) is 20.0. The Morgan fingerprint density at radius 3 is 2.29 bits per heavy atom. The van der Waals surface area contributed by atoms with Crippen LogP contribution in [-0.2, 0) is 10.0 Å². The van der Waals surface area contributed by atoms with Crippen LogP contribution in [0.2, 0.25) is 0 Å². The Hall–Kier alpha value is -0.0900. The molecule has 0 amide bonds. The lowest BCUT2D eigenvalue weighted by atomic mass is 10.0. The third-order valence-electron chi connectivity index (χ3n) is 3.01. The summed E-state index contributed by atoms with van der Waals surface area (Å²) in [6.07, 6.45) is 4.65. The van der Waals surface area contributed by atoms with Crippen molar-refractivity contribution in [1.82, 2.24) is 4.72 Å². The van der Waals surface area contributed by atoms with Crippen LogP contribution in [-0.4, -0.2) is 20.2 Å². The number of sulfonamides is 1. The summed E-state index contributed by atoms with van der Waals surface area (Å²) in [5.41, 5.74) is 0.302. The minimum Gasteiger partial charge on any atom is -0.214 e. The molecule has 0 radical (unpaired) electrons. The number of nitrogens with one attached hydrogen (secondary N) is 1. The topological polar surface area (TPSA) is 46.2 Å². The van der Waals surface area contributed by atoms with E-state index in [0.717, 1.165) is 12.8 Å². The second-order valence-electron chi connectivity index (χ2n) is 4.66. The summed E-state index contributed by atoms with van der Waals surface area (Å²) in [6, 6.07) is 0. The second kappa shape index (κ2) is 4.19. The molecule has 3 nitrogen and oxygen atoms in total. The highest BCUT2D eigenvalue weighted by molar-refractivity contribution is 7.90. The fourth-order valence-electron chi connectivity index (χ4n) is 1.64. The van der Waals surface area contributed by atoms with Gasteiger partial charge >= 0.3 is 0 Å². The van der Waals surface area contributed by atoms with Crippen LogP contribution in [0.5, 0.6) is 0 Å². The summed E-state index contributed by atoms with van der Waals surface area (Å²) in [5, 5.41) is -0.320. The molecule has 0 saturated heterocycles. The van der Waals surface area contributed by atoms with E-state index in [2.05, 4.69) is 11.6 Å². The molecule has 0 unspecified atom stereocenters. The smallest absolute Gasteiger partial charge is 0.213 e. The van der Waals surface area contributed by atoms with Crippen LogP contribution in [0.15, 0.2) is 0 Å². The molecule has 0 bridgehead atoms. The molecule has 0 atom stereocenters. The second-order valence-corrected chi connectivity index (χ2v) is 6.99. The van der Waals surface area contributed by atoms with Crippen LogP contribution in [0.3, 0.4) is 0 Å². The van der Waals surface area contributed by atoms with Crippen molar-refractivity contribution in [2.75, 3.05) is 6.54 Å². The van der Waals surface area contributed by atoms with Gasteiger partial charge in [0.1, 0.15) is 0 Å².